The summed E-state index contributed by atoms with van der Waals surface area (Å²) < 4.78 is 27.3. The van der Waals surface area contributed by atoms with Gasteiger partial charge in [-0.15, -0.1) is 0 Å². The fraction of sp³-hybridized carbons (Fsp3) is 0.389. The van der Waals surface area contributed by atoms with E-state index in [1.54, 1.807) is 18.2 Å². The van der Waals surface area contributed by atoms with E-state index in [0.29, 0.717) is 0 Å². The van der Waals surface area contributed by atoms with Crippen LogP contribution in [0.3, 0.4) is 0 Å². The summed E-state index contributed by atoms with van der Waals surface area (Å²) in [7, 11) is -3.62. The van der Waals surface area contributed by atoms with Crippen LogP contribution in [0.4, 0.5) is 0 Å². The molecule has 7 heteroatoms. The topological polar surface area (TPSA) is 78.5 Å². The number of benzene rings is 2. The smallest absolute Gasteiger partial charge is 0.240 e. The molecule has 0 unspecified atom stereocenters. The lowest BCUT2D eigenvalue weighted by molar-refractivity contribution is -0.126. The molecule has 6 nitrogen and oxygen atoms in total. The number of sulfonamides is 1. The summed E-state index contributed by atoms with van der Waals surface area (Å²) in [5.74, 6) is -0.164. The van der Waals surface area contributed by atoms with Gasteiger partial charge in [-0.05, 0) is 35.7 Å². The molecule has 2 aromatic rings. The summed E-state index contributed by atoms with van der Waals surface area (Å²) in [5, 5.41) is 3.76. The normalized spacial score (nSPS) is 16.0. The van der Waals surface area contributed by atoms with Crippen LogP contribution in [0, 0.1) is 0 Å². The number of hydrogen-bond donors (Lipinski definition) is 2. The van der Waals surface area contributed by atoms with Crippen LogP contribution in [0.5, 0.6) is 0 Å². The number of fused-ring (bicyclic) bond motifs is 1. The van der Waals surface area contributed by atoms with Gasteiger partial charge in [-0.2, -0.15) is 0 Å². The third-order valence-corrected chi connectivity index (χ3v) is 5.77. The Morgan fingerprint density at radius 1 is 1.00 bits per heavy atom. The van der Waals surface area contributed by atoms with E-state index in [9.17, 15) is 13.2 Å². The Morgan fingerprint density at radius 3 is 2.48 bits per heavy atom. The maximum absolute atomic E-state index is 12.4. The molecule has 134 valence electrons. The van der Waals surface area contributed by atoms with E-state index >= 15 is 0 Å². The first-order valence-electron chi connectivity index (χ1n) is 8.57. The second-order valence-electron chi connectivity index (χ2n) is 6.24. The van der Waals surface area contributed by atoms with Crippen molar-refractivity contribution in [2.45, 2.75) is 30.6 Å². The molecule has 0 saturated carbocycles. The van der Waals surface area contributed by atoms with Crippen molar-refractivity contribution in [2.75, 3.05) is 19.6 Å². The van der Waals surface area contributed by atoms with E-state index in [-0.39, 0.29) is 23.8 Å². The maximum Gasteiger partial charge on any atom is 0.240 e. The van der Waals surface area contributed by atoms with Crippen LogP contribution < -0.4 is 10.1 Å². The summed E-state index contributed by atoms with van der Waals surface area (Å²) in [6.45, 7) is 1.79. The van der Waals surface area contributed by atoms with Crippen LogP contribution in [0.1, 0.15) is 25.7 Å². The molecule has 1 amide bonds. The molecule has 25 heavy (non-hydrogen) atoms. The molecular weight excluding hydrogens is 338 g/mol. The highest BCUT2D eigenvalue weighted by molar-refractivity contribution is 7.89. The Kier molecular flexibility index (Phi) is 5.67. The molecule has 0 aromatic heterocycles. The molecule has 0 radical (unpaired) electrons. The summed E-state index contributed by atoms with van der Waals surface area (Å²) in [4.78, 5) is 12.1. The average Bonchev–Trinajstić information content (AvgIpc) is 2.62. The fourth-order valence-electron chi connectivity index (χ4n) is 2.95. The van der Waals surface area contributed by atoms with Crippen LogP contribution >= 0.6 is 0 Å². The van der Waals surface area contributed by atoms with Crippen LogP contribution in [0.15, 0.2) is 47.4 Å². The molecule has 1 aliphatic rings. The summed E-state index contributed by atoms with van der Waals surface area (Å²) in [6, 6.07) is 12.6. The van der Waals surface area contributed by atoms with Gasteiger partial charge in [0.05, 0.1) is 4.90 Å². The lowest BCUT2D eigenvalue weighted by Gasteiger charge is -2.26. The molecule has 1 saturated heterocycles. The van der Waals surface area contributed by atoms with Gasteiger partial charge in [0.2, 0.25) is 15.9 Å². The van der Waals surface area contributed by atoms with Gasteiger partial charge in [0.1, 0.15) is 0 Å². The van der Waals surface area contributed by atoms with Gasteiger partial charge in [0, 0.05) is 26.1 Å². The highest BCUT2D eigenvalue weighted by Crippen LogP contribution is 2.18. The first-order chi connectivity index (χ1) is 12.0. The van der Waals surface area contributed by atoms with Crippen LogP contribution in [0.2, 0.25) is 0 Å². The van der Waals surface area contributed by atoms with Crippen LogP contribution in [0.25, 0.3) is 10.8 Å². The molecule has 0 atom stereocenters. The minimum absolute atomic E-state index is 0.0782. The van der Waals surface area contributed by atoms with E-state index in [2.05, 4.69) is 10.1 Å². The average molecular weight is 361 g/mol. The summed E-state index contributed by atoms with van der Waals surface area (Å²) >= 11 is 0. The zero-order chi connectivity index (χ0) is 17.7. The van der Waals surface area contributed by atoms with E-state index in [1.807, 2.05) is 29.3 Å². The minimum atomic E-state index is -3.62. The first-order valence-corrected chi connectivity index (χ1v) is 10.1. The molecule has 3 rings (SSSR count). The summed E-state index contributed by atoms with van der Waals surface area (Å²) in [6.07, 6.45) is 3.46. The zero-order valence-electron chi connectivity index (χ0n) is 14.1. The predicted octanol–water partition coefficient (Wildman–Crippen LogP) is 2.03. The lowest BCUT2D eigenvalue weighted by atomic mass is 10.1. The number of piperidine rings is 1. The Hall–Kier alpha value is -1.96. The van der Waals surface area contributed by atoms with Crippen molar-refractivity contribution in [1.82, 2.24) is 15.2 Å². The molecule has 0 bridgehead atoms. The van der Waals surface area contributed by atoms with E-state index in [0.717, 1.165) is 36.7 Å². The highest BCUT2D eigenvalue weighted by atomic mass is 32.2. The van der Waals surface area contributed by atoms with Gasteiger partial charge in [0.25, 0.3) is 0 Å². The van der Waals surface area contributed by atoms with E-state index in [1.165, 1.54) is 6.42 Å². The Labute approximate surface area is 148 Å². The van der Waals surface area contributed by atoms with Crippen molar-refractivity contribution in [3.63, 3.8) is 0 Å². The largest absolute Gasteiger partial charge is 0.289 e. The Bertz CT molecular complexity index is 846. The zero-order valence-corrected chi connectivity index (χ0v) is 14.9. The van der Waals surface area contributed by atoms with Crippen LogP contribution in [-0.2, 0) is 14.8 Å². The molecule has 1 heterocycles. The van der Waals surface area contributed by atoms with Crippen LogP contribution in [-0.4, -0.2) is 39.0 Å². The lowest BCUT2D eigenvalue weighted by Crippen LogP contribution is -2.45. The number of carbonyl (C=O) groups excluding carboxylic acids is 1. The molecule has 2 N–H and O–H groups in total. The van der Waals surface area contributed by atoms with Gasteiger partial charge in [0.15, 0.2) is 0 Å². The SMILES string of the molecule is O=C(CCNS(=O)(=O)c1ccc2ccccc2c1)NN1CCCCC1. The molecule has 0 spiro atoms. The molecule has 1 fully saturated rings. The fourth-order valence-corrected chi connectivity index (χ4v) is 4.02. The Morgan fingerprint density at radius 2 is 1.72 bits per heavy atom. The number of nitrogens with zero attached hydrogens (tertiary/aromatic N) is 1. The number of carbonyl (C=O) groups is 1. The molecule has 0 aliphatic carbocycles. The van der Waals surface area contributed by atoms with Crippen molar-refractivity contribution in [3.05, 3.63) is 42.5 Å². The monoisotopic (exact) mass is 361 g/mol. The van der Waals surface area contributed by atoms with Gasteiger partial charge < -0.3 is 0 Å². The van der Waals surface area contributed by atoms with Gasteiger partial charge in [-0.3, -0.25) is 10.2 Å². The minimum Gasteiger partial charge on any atom is -0.289 e. The third-order valence-electron chi connectivity index (χ3n) is 4.31. The Balaban J connectivity index is 1.54. The molecule has 1 aliphatic heterocycles. The quantitative estimate of drug-likeness (QED) is 0.825. The van der Waals surface area contributed by atoms with Crippen molar-refractivity contribution in [1.29, 1.82) is 0 Å². The maximum atomic E-state index is 12.4. The first kappa shape index (κ1) is 17.8. The third kappa shape index (κ3) is 4.78. The summed E-state index contributed by atoms with van der Waals surface area (Å²) in [5.41, 5.74) is 2.83. The van der Waals surface area contributed by atoms with Crippen molar-refractivity contribution in [3.8, 4) is 0 Å². The van der Waals surface area contributed by atoms with Gasteiger partial charge in [-0.25, -0.2) is 18.1 Å². The number of nitrogens with one attached hydrogen (secondary N) is 2. The molecule has 2 aromatic carbocycles. The van der Waals surface area contributed by atoms with Gasteiger partial charge >= 0.3 is 0 Å². The van der Waals surface area contributed by atoms with Crippen molar-refractivity contribution < 1.29 is 13.2 Å². The van der Waals surface area contributed by atoms with Gasteiger partial charge in [-0.1, -0.05) is 36.8 Å². The highest BCUT2D eigenvalue weighted by Gasteiger charge is 2.16. The number of amides is 1. The molecular formula is C18H23N3O3S. The van der Waals surface area contributed by atoms with Crippen molar-refractivity contribution >= 4 is 26.7 Å². The van der Waals surface area contributed by atoms with E-state index < -0.39 is 10.0 Å². The number of rotatable bonds is 6. The number of hydrazine groups is 1. The van der Waals surface area contributed by atoms with Crippen molar-refractivity contribution in [2.24, 2.45) is 0 Å². The van der Waals surface area contributed by atoms with E-state index in [4.69, 9.17) is 0 Å². The second-order valence-corrected chi connectivity index (χ2v) is 8.01. The second kappa shape index (κ2) is 7.95. The number of hydrogen-bond acceptors (Lipinski definition) is 4. The predicted molar refractivity (Wildman–Crippen MR) is 97.3 cm³/mol. The standard InChI is InChI=1S/C18H23N3O3S/c22-18(20-21-12-4-1-5-13-21)10-11-19-25(23,24)17-9-8-15-6-2-3-7-16(15)14-17/h2-3,6-9,14,19H,1,4-5,10-13H2,(H,20,22).